The summed E-state index contributed by atoms with van der Waals surface area (Å²) >= 11 is 0. The molecule has 1 N–H and O–H groups in total. The molecule has 0 aliphatic carbocycles. The first-order valence-electron chi connectivity index (χ1n) is 15.5. The van der Waals surface area contributed by atoms with Crippen molar-refractivity contribution in [1.29, 1.82) is 0 Å². The molecule has 2 aromatic heterocycles. The van der Waals surface area contributed by atoms with E-state index in [2.05, 4.69) is 25.3 Å². The van der Waals surface area contributed by atoms with Gasteiger partial charge in [-0.15, -0.1) is 0 Å². The molecule has 1 saturated heterocycles. The number of benzene rings is 3. The van der Waals surface area contributed by atoms with Gasteiger partial charge in [-0.3, -0.25) is 9.69 Å². The number of aryl methyl sites for hydroxylation is 1. The number of carbonyl (C=O) groups excluding carboxylic acids is 1. The van der Waals surface area contributed by atoms with Gasteiger partial charge in [0.25, 0.3) is 5.91 Å². The molecule has 3 aromatic carbocycles. The van der Waals surface area contributed by atoms with Crippen molar-refractivity contribution >= 4 is 22.5 Å². The van der Waals surface area contributed by atoms with E-state index in [0.29, 0.717) is 59.2 Å². The van der Waals surface area contributed by atoms with Gasteiger partial charge in [-0.2, -0.15) is 5.10 Å². The van der Waals surface area contributed by atoms with E-state index in [1.54, 1.807) is 25.3 Å². The van der Waals surface area contributed by atoms with E-state index in [1.807, 2.05) is 0 Å². The van der Waals surface area contributed by atoms with Crippen LogP contribution in [0.1, 0.15) is 22.5 Å². The van der Waals surface area contributed by atoms with Crippen LogP contribution in [0.25, 0.3) is 16.6 Å². The fourth-order valence-corrected chi connectivity index (χ4v) is 5.58. The van der Waals surface area contributed by atoms with Gasteiger partial charge in [0, 0.05) is 43.7 Å². The molecule has 48 heavy (non-hydrogen) atoms. The fourth-order valence-electron chi connectivity index (χ4n) is 5.58. The molecule has 2 aliphatic heterocycles. The highest BCUT2D eigenvalue weighted by Crippen LogP contribution is 2.48. The van der Waals surface area contributed by atoms with Gasteiger partial charge in [0.15, 0.2) is 28.8 Å². The highest BCUT2D eigenvalue weighted by atomic mass is 19.1. The van der Waals surface area contributed by atoms with Gasteiger partial charge in [-0.05, 0) is 55.3 Å². The molecule has 1 fully saturated rings. The molecular weight excluding hydrogens is 626 g/mol. The number of halogens is 2. The first-order valence-corrected chi connectivity index (χ1v) is 15.5. The SMILES string of the molecule is Cc1cc(F)ccc1-n1ccc(C(=O)Nc2ccc(Oc3ncnc4cc(OCCCN5CCOCC5)c5c(c34)OCCO5)c(F)c2)n1. The van der Waals surface area contributed by atoms with Crippen molar-refractivity contribution in [1.82, 2.24) is 24.6 Å². The topological polar surface area (TPSA) is 122 Å². The van der Waals surface area contributed by atoms with Gasteiger partial charge >= 0.3 is 0 Å². The number of nitrogens with one attached hydrogen (secondary N) is 1. The summed E-state index contributed by atoms with van der Waals surface area (Å²) in [5, 5.41) is 7.34. The van der Waals surface area contributed by atoms with Gasteiger partial charge < -0.3 is 29.0 Å². The maximum Gasteiger partial charge on any atom is 0.276 e. The van der Waals surface area contributed by atoms with Crippen LogP contribution in [0, 0.1) is 18.6 Å². The van der Waals surface area contributed by atoms with Gasteiger partial charge in [0.2, 0.25) is 11.6 Å². The summed E-state index contributed by atoms with van der Waals surface area (Å²) in [6.45, 7) is 7.04. The number of carbonyl (C=O) groups is 1. The number of hydrogen-bond donors (Lipinski definition) is 1. The molecule has 2 aliphatic rings. The highest BCUT2D eigenvalue weighted by molar-refractivity contribution is 6.02. The Labute approximate surface area is 274 Å². The van der Waals surface area contributed by atoms with Crippen LogP contribution < -0.4 is 24.3 Å². The van der Waals surface area contributed by atoms with Crippen molar-refractivity contribution in [3.63, 3.8) is 0 Å². The number of ether oxygens (including phenoxy) is 5. The van der Waals surface area contributed by atoms with Crippen molar-refractivity contribution in [2.45, 2.75) is 13.3 Å². The summed E-state index contributed by atoms with van der Waals surface area (Å²) in [5.41, 5.74) is 2.05. The zero-order valence-corrected chi connectivity index (χ0v) is 26.1. The second kappa shape index (κ2) is 13.8. The lowest BCUT2D eigenvalue weighted by Gasteiger charge is -2.26. The molecule has 0 spiro atoms. The Hall–Kier alpha value is -5.34. The zero-order valence-electron chi connectivity index (χ0n) is 26.1. The largest absolute Gasteiger partial charge is 0.489 e. The Morgan fingerprint density at radius 1 is 0.958 bits per heavy atom. The Morgan fingerprint density at radius 3 is 2.60 bits per heavy atom. The average molecular weight is 659 g/mol. The summed E-state index contributed by atoms with van der Waals surface area (Å²) in [6.07, 6.45) is 3.73. The van der Waals surface area contributed by atoms with E-state index in [4.69, 9.17) is 23.7 Å². The maximum absolute atomic E-state index is 15.3. The first kappa shape index (κ1) is 31.3. The number of rotatable bonds is 10. The number of morpholine rings is 1. The number of hydrogen-bond acceptors (Lipinski definition) is 10. The summed E-state index contributed by atoms with van der Waals surface area (Å²) in [5.74, 6) is -0.448. The van der Waals surface area contributed by atoms with Crippen LogP contribution in [0.3, 0.4) is 0 Å². The highest BCUT2D eigenvalue weighted by Gasteiger charge is 2.26. The standard InChI is InChI=1S/C34H32F2N6O6/c1-21-17-22(35)3-5-27(21)42-9-7-25(40-42)33(43)39-23-4-6-28(24(36)18-23)48-34-30-26(37-20-38-34)19-29(31-32(30)47-16-15-46-31)45-12-2-8-41-10-13-44-14-11-41/h3-7,9,17-20H,2,8,10-16H2,1H3,(H,39,43). The van der Waals surface area contributed by atoms with Crippen LogP contribution in [-0.4, -0.2) is 83.2 Å². The summed E-state index contributed by atoms with van der Waals surface area (Å²) in [7, 11) is 0. The Kier molecular flexibility index (Phi) is 8.99. The summed E-state index contributed by atoms with van der Waals surface area (Å²) < 4.78 is 59.7. The second-order valence-electron chi connectivity index (χ2n) is 11.2. The number of amides is 1. The van der Waals surface area contributed by atoms with E-state index < -0.39 is 11.7 Å². The summed E-state index contributed by atoms with van der Waals surface area (Å²) in [6, 6.07) is 11.5. The maximum atomic E-state index is 15.3. The van der Waals surface area contributed by atoms with E-state index >= 15 is 4.39 Å². The Balaban J connectivity index is 1.06. The lowest BCUT2D eigenvalue weighted by atomic mass is 10.1. The first-order chi connectivity index (χ1) is 23.4. The van der Waals surface area contributed by atoms with Gasteiger partial charge in [-0.25, -0.2) is 23.4 Å². The third kappa shape index (κ3) is 6.71. The van der Waals surface area contributed by atoms with Crippen LogP contribution in [0.15, 0.2) is 61.1 Å². The minimum absolute atomic E-state index is 0.0675. The zero-order chi connectivity index (χ0) is 33.0. The molecule has 4 heterocycles. The van der Waals surface area contributed by atoms with Gasteiger partial charge in [0.1, 0.15) is 30.7 Å². The molecule has 1 amide bonds. The minimum Gasteiger partial charge on any atom is -0.489 e. The molecule has 248 valence electrons. The molecule has 14 heteroatoms. The lowest BCUT2D eigenvalue weighted by molar-refractivity contribution is 0.0357. The quantitative estimate of drug-likeness (QED) is 0.197. The van der Waals surface area contributed by atoms with Crippen LogP contribution in [0.2, 0.25) is 0 Å². The number of anilines is 1. The molecule has 0 atom stereocenters. The fraction of sp³-hybridized carbons (Fsp3) is 0.294. The molecule has 0 saturated carbocycles. The van der Waals surface area contributed by atoms with Crippen LogP contribution in [0.5, 0.6) is 28.9 Å². The summed E-state index contributed by atoms with van der Waals surface area (Å²) in [4.78, 5) is 23.9. The van der Waals surface area contributed by atoms with E-state index in [9.17, 15) is 9.18 Å². The predicted molar refractivity (Wildman–Crippen MR) is 171 cm³/mol. The van der Waals surface area contributed by atoms with Crippen LogP contribution >= 0.6 is 0 Å². The number of fused-ring (bicyclic) bond motifs is 3. The average Bonchev–Trinajstić information content (AvgIpc) is 3.59. The second-order valence-corrected chi connectivity index (χ2v) is 11.2. The number of nitrogens with zero attached hydrogens (tertiary/aromatic N) is 5. The molecular formula is C34H32F2N6O6. The minimum atomic E-state index is -0.738. The van der Waals surface area contributed by atoms with Crippen molar-refractivity contribution in [2.24, 2.45) is 0 Å². The van der Waals surface area contributed by atoms with Crippen molar-refractivity contribution in [3.05, 3.63) is 83.9 Å². The van der Waals surface area contributed by atoms with Crippen molar-refractivity contribution in [3.8, 4) is 34.6 Å². The molecule has 12 nitrogen and oxygen atoms in total. The van der Waals surface area contributed by atoms with E-state index in [0.717, 1.165) is 45.3 Å². The third-order valence-electron chi connectivity index (χ3n) is 7.95. The predicted octanol–water partition coefficient (Wildman–Crippen LogP) is 5.32. The monoisotopic (exact) mass is 658 g/mol. The van der Waals surface area contributed by atoms with Crippen LogP contribution in [0.4, 0.5) is 14.5 Å². The van der Waals surface area contributed by atoms with Crippen molar-refractivity contribution in [2.75, 3.05) is 58.0 Å². The molecule has 0 bridgehead atoms. The van der Waals surface area contributed by atoms with Crippen LogP contribution in [-0.2, 0) is 4.74 Å². The van der Waals surface area contributed by atoms with E-state index in [1.165, 1.54) is 41.3 Å². The third-order valence-corrected chi connectivity index (χ3v) is 7.95. The number of aromatic nitrogens is 4. The lowest BCUT2D eigenvalue weighted by Crippen LogP contribution is -2.37. The van der Waals surface area contributed by atoms with Gasteiger partial charge in [0.05, 0.1) is 31.0 Å². The molecule has 7 rings (SSSR count). The van der Waals surface area contributed by atoms with E-state index in [-0.39, 0.29) is 28.8 Å². The Morgan fingerprint density at radius 2 is 1.79 bits per heavy atom. The molecule has 5 aromatic rings. The Bertz CT molecular complexity index is 1960. The molecule has 0 unspecified atom stereocenters. The van der Waals surface area contributed by atoms with Crippen molar-refractivity contribution < 1.29 is 37.3 Å². The van der Waals surface area contributed by atoms with Gasteiger partial charge in [-0.1, -0.05) is 0 Å². The normalized spacial score (nSPS) is 14.6. The molecule has 0 radical (unpaired) electrons. The smallest absolute Gasteiger partial charge is 0.276 e.